The van der Waals surface area contributed by atoms with E-state index in [0.29, 0.717) is 46.4 Å². The molecule has 12 rings (SSSR count). The first kappa shape index (κ1) is 61.5. The Kier molecular flexibility index (Phi) is 18.0. The fraction of sp³-hybridized carbons (Fsp3) is 0.317. The summed E-state index contributed by atoms with van der Waals surface area (Å²) in [4.78, 5) is 41.9. The molecule has 27 heteroatoms. The number of fused-ring (bicyclic) bond motifs is 2. The molecular formula is C63H67F4N17O6. The SMILES string of the molecule is C=C(c1cccc(Oc2ccc(OC(F)F)c(-c3nn(C)cc3NC(=O)c3cnn4cccnc34)c2)c1)N1CC[C@H](N(C)C)C1.CC(C)N1CCC(C)(Cn2cc(Oc3ccc(OC(F)F)c(-c4nn(C)cc4NC(=O)c4cnn5cccnc45)c3)cn2)CC1. The van der Waals surface area contributed by atoms with E-state index in [0.717, 1.165) is 63.2 Å². The third kappa shape index (κ3) is 14.1. The van der Waals surface area contributed by atoms with Crippen molar-refractivity contribution in [1.82, 2.24) is 73.2 Å². The van der Waals surface area contributed by atoms with Crippen molar-refractivity contribution in [2.24, 2.45) is 19.5 Å². The minimum absolute atomic E-state index is 0.120. The number of carbonyl (C=O) groups is 2. The molecular weight excluding hydrogens is 1170 g/mol. The number of amides is 2. The Hall–Kier alpha value is -10.2. The maximum absolute atomic E-state index is 13.5. The van der Waals surface area contributed by atoms with Gasteiger partial charge in [-0.1, -0.05) is 25.6 Å². The van der Waals surface area contributed by atoms with E-state index in [1.54, 1.807) is 81.7 Å². The van der Waals surface area contributed by atoms with E-state index in [1.807, 2.05) is 35.1 Å². The molecule has 0 bridgehead atoms. The predicted octanol–water partition coefficient (Wildman–Crippen LogP) is 10.9. The van der Waals surface area contributed by atoms with Crippen LogP contribution < -0.4 is 29.6 Å². The van der Waals surface area contributed by atoms with Crippen LogP contribution in [-0.4, -0.2) is 151 Å². The number of hydrogen-bond acceptors (Lipinski definition) is 16. The summed E-state index contributed by atoms with van der Waals surface area (Å²) in [5.41, 5.74) is 4.54. The second-order valence-corrected chi connectivity index (χ2v) is 22.8. The summed E-state index contributed by atoms with van der Waals surface area (Å²) < 4.78 is 83.5. The molecule has 10 aromatic rings. The molecule has 2 N–H and O–H groups in total. The standard InChI is InChI=1S/C32H32F2N8O3.C31H35F2N9O3/c1-20(41-14-11-22(18-41)39(2)3)21-7-5-8-23(15-21)44-24-9-10-28(45-32(33)34)25(16-24)29-27(19-40(4)38-29)37-31(43)26-17-36-42-13-6-12-35-30(26)42;1-20(2)40-12-8-31(3,9-13-40)19-41-17-22(15-35-41)44-21-6-7-26(45-30(32)33)23(14-21)27-25(18-39(4)38-27)37-29(43)24-16-36-42-11-5-10-34-28(24)42/h5-10,12-13,15-17,19,22,32H,1,11,14,18H2,2-4H3,(H,37,43);5-7,10-11,14-18,20,30H,8-9,12-13,19H2,1-4H3,(H,37,43)/t22-;/m0./s1. The van der Waals surface area contributed by atoms with Crippen molar-refractivity contribution in [3.8, 4) is 57.0 Å². The lowest BCUT2D eigenvalue weighted by molar-refractivity contribution is -0.0501. The molecule has 2 aliphatic heterocycles. The van der Waals surface area contributed by atoms with Crippen LogP contribution in [0.2, 0.25) is 0 Å². The summed E-state index contributed by atoms with van der Waals surface area (Å²) in [6.45, 7) is 9.58. The first-order valence-electron chi connectivity index (χ1n) is 29.0. The second kappa shape index (κ2) is 26.3. The van der Waals surface area contributed by atoms with Gasteiger partial charge in [0, 0.05) is 94.3 Å². The second-order valence-electron chi connectivity index (χ2n) is 22.8. The number of halogens is 4. The summed E-state index contributed by atoms with van der Waals surface area (Å²) >= 11 is 0. The largest absolute Gasteiger partial charge is 0.457 e. The molecule has 0 radical (unpaired) electrons. The third-order valence-corrected chi connectivity index (χ3v) is 15.8. The highest BCUT2D eigenvalue weighted by Gasteiger charge is 2.32. The smallest absolute Gasteiger partial charge is 0.387 e. The topological polar surface area (TPSA) is 219 Å². The highest BCUT2D eigenvalue weighted by atomic mass is 19.3. The number of nitrogens with one attached hydrogen (secondary N) is 2. The number of likely N-dealkylation sites (N-methyl/N-ethyl adjacent to an activating group) is 1. The average molecular weight is 1230 g/mol. The number of anilines is 2. The number of likely N-dealkylation sites (tertiary alicyclic amines) is 2. The summed E-state index contributed by atoms with van der Waals surface area (Å²) in [5, 5.41) is 27.4. The van der Waals surface area contributed by atoms with E-state index in [-0.39, 0.29) is 61.9 Å². The Bertz CT molecular complexity index is 4200. The zero-order chi connectivity index (χ0) is 63.4. The number of ether oxygens (including phenoxy) is 4. The van der Waals surface area contributed by atoms with Crippen LogP contribution in [0.4, 0.5) is 28.9 Å². The third-order valence-electron chi connectivity index (χ3n) is 15.8. The number of benzene rings is 3. The number of hydrogen-bond donors (Lipinski definition) is 2. The van der Waals surface area contributed by atoms with E-state index < -0.39 is 25.0 Å². The molecule has 2 amide bonds. The highest BCUT2D eigenvalue weighted by Crippen LogP contribution is 2.42. The van der Waals surface area contributed by atoms with Crippen LogP contribution in [0.15, 0.2) is 141 Å². The van der Waals surface area contributed by atoms with Gasteiger partial charge in [-0.2, -0.15) is 43.1 Å². The molecule has 90 heavy (non-hydrogen) atoms. The molecule has 7 aromatic heterocycles. The van der Waals surface area contributed by atoms with Crippen molar-refractivity contribution in [1.29, 1.82) is 0 Å². The summed E-state index contributed by atoms with van der Waals surface area (Å²) in [6.07, 6.45) is 19.1. The monoisotopic (exact) mass is 1230 g/mol. The van der Waals surface area contributed by atoms with Crippen LogP contribution >= 0.6 is 0 Å². The zero-order valence-corrected chi connectivity index (χ0v) is 50.5. The van der Waals surface area contributed by atoms with E-state index in [1.165, 1.54) is 55.1 Å². The molecule has 0 unspecified atom stereocenters. The Balaban J connectivity index is 0.000000185. The molecule has 1 atom stereocenters. The Morgan fingerprint density at radius 3 is 1.73 bits per heavy atom. The quantitative estimate of drug-likeness (QED) is 0.0678. The van der Waals surface area contributed by atoms with Gasteiger partial charge in [0.15, 0.2) is 17.0 Å². The van der Waals surface area contributed by atoms with Gasteiger partial charge in [0.25, 0.3) is 11.8 Å². The van der Waals surface area contributed by atoms with E-state index >= 15 is 0 Å². The van der Waals surface area contributed by atoms with Crippen molar-refractivity contribution in [2.75, 3.05) is 50.9 Å². The highest BCUT2D eigenvalue weighted by molar-refractivity contribution is 6.10. The van der Waals surface area contributed by atoms with Gasteiger partial charge in [0.1, 0.15) is 51.3 Å². The minimum atomic E-state index is -3.08. The lowest BCUT2D eigenvalue weighted by atomic mass is 9.80. The maximum Gasteiger partial charge on any atom is 0.387 e. The van der Waals surface area contributed by atoms with Gasteiger partial charge >= 0.3 is 13.2 Å². The lowest BCUT2D eigenvalue weighted by Crippen LogP contribution is -2.43. The Morgan fingerprint density at radius 2 is 1.22 bits per heavy atom. The summed E-state index contributed by atoms with van der Waals surface area (Å²) in [7, 11) is 7.48. The van der Waals surface area contributed by atoms with Gasteiger partial charge in [-0.05, 0) is 126 Å². The molecule has 0 aliphatic carbocycles. The van der Waals surface area contributed by atoms with Crippen LogP contribution in [0.25, 0.3) is 39.5 Å². The van der Waals surface area contributed by atoms with Gasteiger partial charge in [-0.3, -0.25) is 23.6 Å². The Morgan fingerprint density at radius 1 is 0.689 bits per heavy atom. The predicted molar refractivity (Wildman–Crippen MR) is 328 cm³/mol. The first-order chi connectivity index (χ1) is 43.2. The van der Waals surface area contributed by atoms with Gasteiger partial charge in [-0.15, -0.1) is 0 Å². The van der Waals surface area contributed by atoms with Gasteiger partial charge in [0.2, 0.25) is 0 Å². The fourth-order valence-corrected chi connectivity index (χ4v) is 11.0. The van der Waals surface area contributed by atoms with Crippen molar-refractivity contribution >= 4 is 40.2 Å². The first-order valence-corrected chi connectivity index (χ1v) is 29.0. The molecule has 2 saturated heterocycles. The molecule has 3 aromatic carbocycles. The van der Waals surface area contributed by atoms with Crippen LogP contribution in [0.3, 0.4) is 0 Å². The molecule has 2 aliphatic rings. The van der Waals surface area contributed by atoms with E-state index in [2.05, 4.69) is 102 Å². The molecule has 9 heterocycles. The van der Waals surface area contributed by atoms with Gasteiger partial charge < -0.3 is 44.3 Å². The lowest BCUT2D eigenvalue weighted by Gasteiger charge is -2.41. The van der Waals surface area contributed by atoms with Gasteiger partial charge in [-0.25, -0.2) is 19.0 Å². The number of aromatic nitrogens is 12. The van der Waals surface area contributed by atoms with Crippen molar-refractivity contribution in [3.63, 3.8) is 0 Å². The van der Waals surface area contributed by atoms with Gasteiger partial charge in [0.05, 0.1) is 47.3 Å². The average Bonchev–Trinajstić information content (AvgIpc) is 1.93. The summed E-state index contributed by atoms with van der Waals surface area (Å²) in [6, 6.07) is 20.9. The van der Waals surface area contributed by atoms with Crippen LogP contribution in [-0.2, 0) is 20.6 Å². The molecule has 23 nitrogen and oxygen atoms in total. The molecule has 0 saturated carbocycles. The van der Waals surface area contributed by atoms with Crippen LogP contribution in [0.5, 0.6) is 34.5 Å². The number of piperidine rings is 1. The van der Waals surface area contributed by atoms with Crippen molar-refractivity contribution in [3.05, 3.63) is 158 Å². The molecule has 0 spiro atoms. The van der Waals surface area contributed by atoms with E-state index in [9.17, 15) is 27.2 Å². The normalized spacial score (nSPS) is 15.0. The number of nitrogens with zero attached hydrogens (tertiary/aromatic N) is 15. The Labute approximate surface area is 515 Å². The van der Waals surface area contributed by atoms with Crippen molar-refractivity contribution < 1.29 is 46.1 Å². The number of aryl methyl sites for hydroxylation is 2. The van der Waals surface area contributed by atoms with Crippen LogP contribution in [0.1, 0.15) is 66.3 Å². The summed E-state index contributed by atoms with van der Waals surface area (Å²) in [5.74, 6) is 0.528. The molecule has 468 valence electrons. The minimum Gasteiger partial charge on any atom is -0.457 e. The number of rotatable bonds is 20. The number of carbonyl (C=O) groups excluding carboxylic acids is 2. The maximum atomic E-state index is 13.5. The molecule has 2 fully saturated rings. The van der Waals surface area contributed by atoms with Crippen LogP contribution in [0, 0.1) is 5.41 Å². The van der Waals surface area contributed by atoms with E-state index in [4.69, 9.17) is 18.9 Å². The zero-order valence-electron chi connectivity index (χ0n) is 50.5. The fourth-order valence-electron chi connectivity index (χ4n) is 11.0. The van der Waals surface area contributed by atoms with Crippen molar-refractivity contribution in [2.45, 2.75) is 71.9 Å². The number of alkyl halides is 4.